The first-order chi connectivity index (χ1) is 9.48. The number of nitrogen functional groups attached to an aromatic ring is 1. The van der Waals surface area contributed by atoms with E-state index in [1.54, 1.807) is 6.07 Å². The van der Waals surface area contributed by atoms with Crippen molar-refractivity contribution >= 4 is 15.8 Å². The minimum absolute atomic E-state index is 0.202. The molecule has 1 aliphatic rings. The predicted octanol–water partition coefficient (Wildman–Crippen LogP) is 0.0819. The van der Waals surface area contributed by atoms with Crippen molar-refractivity contribution in [3.05, 3.63) is 18.3 Å². The number of nitrogens with zero attached hydrogens (tertiary/aromatic N) is 3. The Morgan fingerprint density at radius 1 is 1.45 bits per heavy atom. The predicted molar refractivity (Wildman–Crippen MR) is 77.5 cm³/mol. The number of sulfonamides is 1. The number of nitrogens with two attached hydrogens (primary N) is 1. The van der Waals surface area contributed by atoms with Crippen LogP contribution in [0.3, 0.4) is 0 Å². The maximum atomic E-state index is 12.5. The van der Waals surface area contributed by atoms with Crippen LogP contribution in [0.2, 0.25) is 0 Å². The lowest BCUT2D eigenvalue weighted by Gasteiger charge is -2.38. The minimum atomic E-state index is -3.48. The van der Waals surface area contributed by atoms with Crippen LogP contribution in [0.15, 0.2) is 23.2 Å². The van der Waals surface area contributed by atoms with E-state index in [1.165, 1.54) is 16.6 Å². The standard InChI is InChI=1S/C12H21N5O2S/c1-3-16-6-7-17(9-10(16)2)20(18,19)11-4-5-12(15-13)14-8-11/h4-5,8,10H,3,6-7,9,13H2,1-2H3,(H,14,15). The lowest BCUT2D eigenvalue weighted by atomic mass is 10.2. The largest absolute Gasteiger partial charge is 0.308 e. The van der Waals surface area contributed by atoms with Crippen molar-refractivity contribution in [1.29, 1.82) is 0 Å². The topological polar surface area (TPSA) is 91.6 Å². The van der Waals surface area contributed by atoms with Gasteiger partial charge >= 0.3 is 0 Å². The summed E-state index contributed by atoms with van der Waals surface area (Å²) in [5.74, 6) is 5.66. The highest BCUT2D eigenvalue weighted by molar-refractivity contribution is 7.89. The molecule has 1 aromatic heterocycles. The van der Waals surface area contributed by atoms with Gasteiger partial charge in [-0.25, -0.2) is 19.2 Å². The van der Waals surface area contributed by atoms with Crippen LogP contribution in [0.1, 0.15) is 13.8 Å². The summed E-state index contributed by atoms with van der Waals surface area (Å²) >= 11 is 0. The van der Waals surface area contributed by atoms with Gasteiger partial charge in [0, 0.05) is 31.9 Å². The highest BCUT2D eigenvalue weighted by Gasteiger charge is 2.31. The van der Waals surface area contributed by atoms with Gasteiger partial charge < -0.3 is 5.43 Å². The Bertz CT molecular complexity index is 545. The summed E-state index contributed by atoms with van der Waals surface area (Å²) in [6.07, 6.45) is 1.33. The highest BCUT2D eigenvalue weighted by Crippen LogP contribution is 2.20. The normalized spacial score (nSPS) is 21.9. The van der Waals surface area contributed by atoms with Crippen LogP contribution in [0, 0.1) is 0 Å². The summed E-state index contributed by atoms with van der Waals surface area (Å²) in [5, 5.41) is 0. The quantitative estimate of drug-likeness (QED) is 0.604. The second-order valence-corrected chi connectivity index (χ2v) is 6.80. The van der Waals surface area contributed by atoms with Gasteiger partial charge in [-0.2, -0.15) is 4.31 Å². The van der Waals surface area contributed by atoms with Crippen LogP contribution in [0.5, 0.6) is 0 Å². The van der Waals surface area contributed by atoms with Crippen LogP contribution < -0.4 is 11.3 Å². The second-order valence-electron chi connectivity index (χ2n) is 4.86. The van der Waals surface area contributed by atoms with E-state index in [4.69, 9.17) is 5.84 Å². The van der Waals surface area contributed by atoms with Crippen LogP contribution >= 0.6 is 0 Å². The number of pyridine rings is 1. The van der Waals surface area contributed by atoms with Crippen molar-refractivity contribution in [2.45, 2.75) is 24.8 Å². The zero-order valence-electron chi connectivity index (χ0n) is 11.8. The van der Waals surface area contributed by atoms with Crippen molar-refractivity contribution < 1.29 is 8.42 Å². The summed E-state index contributed by atoms with van der Waals surface area (Å²) < 4.78 is 26.6. The summed E-state index contributed by atoms with van der Waals surface area (Å²) in [6, 6.07) is 3.30. The lowest BCUT2D eigenvalue weighted by Crippen LogP contribution is -2.53. The molecule has 0 spiro atoms. The fourth-order valence-corrected chi connectivity index (χ4v) is 3.88. The molecule has 2 rings (SSSR count). The number of hydrogen-bond acceptors (Lipinski definition) is 6. The van der Waals surface area contributed by atoms with Gasteiger partial charge in [0.1, 0.15) is 10.7 Å². The average molecular weight is 299 g/mol. The van der Waals surface area contributed by atoms with Crippen molar-refractivity contribution in [2.24, 2.45) is 5.84 Å². The molecule has 0 radical (unpaired) electrons. The molecular formula is C12H21N5O2S. The molecule has 1 aromatic rings. The summed E-state index contributed by atoms with van der Waals surface area (Å²) in [5.41, 5.74) is 2.38. The van der Waals surface area contributed by atoms with Crippen LogP contribution in [-0.2, 0) is 10.0 Å². The molecule has 0 amide bonds. The van der Waals surface area contributed by atoms with E-state index in [2.05, 4.69) is 22.2 Å². The number of nitrogens with one attached hydrogen (secondary N) is 1. The first-order valence-electron chi connectivity index (χ1n) is 6.66. The smallest absolute Gasteiger partial charge is 0.244 e. The van der Waals surface area contributed by atoms with E-state index >= 15 is 0 Å². The van der Waals surface area contributed by atoms with Gasteiger partial charge in [-0.05, 0) is 25.6 Å². The Kier molecular flexibility index (Phi) is 4.59. The van der Waals surface area contributed by atoms with Gasteiger partial charge in [-0.3, -0.25) is 4.90 Å². The molecule has 7 nitrogen and oxygen atoms in total. The number of anilines is 1. The highest BCUT2D eigenvalue weighted by atomic mass is 32.2. The molecule has 20 heavy (non-hydrogen) atoms. The van der Waals surface area contributed by atoms with Crippen LogP contribution in [-0.4, -0.2) is 54.8 Å². The fourth-order valence-electron chi connectivity index (χ4n) is 2.42. The maximum Gasteiger partial charge on any atom is 0.244 e. The summed E-state index contributed by atoms with van der Waals surface area (Å²) in [7, 11) is -3.48. The monoisotopic (exact) mass is 299 g/mol. The van der Waals surface area contributed by atoms with E-state index in [0.717, 1.165) is 13.1 Å². The SMILES string of the molecule is CCN1CCN(S(=O)(=O)c2ccc(NN)nc2)CC1C. The van der Waals surface area contributed by atoms with Gasteiger partial charge in [0.05, 0.1) is 0 Å². The Labute approximate surface area is 119 Å². The molecule has 1 atom stereocenters. The number of hydrazine groups is 1. The van der Waals surface area contributed by atoms with E-state index < -0.39 is 10.0 Å². The number of rotatable bonds is 4. The third-order valence-corrected chi connectivity index (χ3v) is 5.50. The van der Waals surface area contributed by atoms with E-state index in [0.29, 0.717) is 18.9 Å². The van der Waals surface area contributed by atoms with Crippen molar-refractivity contribution in [3.8, 4) is 0 Å². The Morgan fingerprint density at radius 3 is 2.70 bits per heavy atom. The Morgan fingerprint density at radius 2 is 2.20 bits per heavy atom. The molecule has 1 aliphatic heterocycles. The van der Waals surface area contributed by atoms with Gasteiger partial charge in [-0.1, -0.05) is 6.92 Å². The van der Waals surface area contributed by atoms with Gasteiger partial charge in [0.25, 0.3) is 0 Å². The first-order valence-corrected chi connectivity index (χ1v) is 8.10. The Balaban J connectivity index is 2.18. The van der Waals surface area contributed by atoms with Crippen molar-refractivity contribution in [1.82, 2.24) is 14.2 Å². The van der Waals surface area contributed by atoms with Crippen molar-refractivity contribution in [3.63, 3.8) is 0 Å². The van der Waals surface area contributed by atoms with E-state index in [1.807, 2.05) is 6.92 Å². The Hall–Kier alpha value is -1.22. The zero-order chi connectivity index (χ0) is 14.8. The first kappa shape index (κ1) is 15.2. The third-order valence-electron chi connectivity index (χ3n) is 3.66. The minimum Gasteiger partial charge on any atom is -0.308 e. The molecule has 1 unspecified atom stereocenters. The molecule has 112 valence electrons. The molecule has 2 heterocycles. The lowest BCUT2D eigenvalue weighted by molar-refractivity contribution is 0.135. The summed E-state index contributed by atoms with van der Waals surface area (Å²) in [6.45, 7) is 6.85. The zero-order valence-corrected chi connectivity index (χ0v) is 12.6. The third kappa shape index (κ3) is 2.93. The molecular weight excluding hydrogens is 278 g/mol. The average Bonchev–Trinajstić information content (AvgIpc) is 2.47. The molecule has 0 aliphatic carbocycles. The van der Waals surface area contributed by atoms with E-state index in [-0.39, 0.29) is 10.9 Å². The van der Waals surface area contributed by atoms with Crippen LogP contribution in [0.4, 0.5) is 5.82 Å². The van der Waals surface area contributed by atoms with Gasteiger partial charge in [-0.15, -0.1) is 0 Å². The molecule has 1 saturated heterocycles. The fraction of sp³-hybridized carbons (Fsp3) is 0.583. The molecule has 8 heteroatoms. The van der Waals surface area contributed by atoms with Crippen LogP contribution in [0.25, 0.3) is 0 Å². The number of aromatic nitrogens is 1. The van der Waals surface area contributed by atoms with Gasteiger partial charge in [0.15, 0.2) is 0 Å². The number of likely N-dealkylation sites (N-methyl/N-ethyl adjacent to an activating group) is 1. The van der Waals surface area contributed by atoms with E-state index in [9.17, 15) is 8.42 Å². The van der Waals surface area contributed by atoms with Gasteiger partial charge in [0.2, 0.25) is 10.0 Å². The number of piperazine rings is 1. The molecule has 0 saturated carbocycles. The number of hydrogen-bond donors (Lipinski definition) is 2. The molecule has 3 N–H and O–H groups in total. The summed E-state index contributed by atoms with van der Waals surface area (Å²) in [4.78, 5) is 6.43. The maximum absolute atomic E-state index is 12.5. The van der Waals surface area contributed by atoms with Crippen molar-refractivity contribution in [2.75, 3.05) is 31.6 Å². The second kappa shape index (κ2) is 6.04. The molecule has 1 fully saturated rings. The molecule has 0 bridgehead atoms. The molecule has 0 aromatic carbocycles.